The number of aldehydes is 1. The van der Waals surface area contributed by atoms with E-state index in [1.54, 1.807) is 24.2 Å². The van der Waals surface area contributed by atoms with Gasteiger partial charge in [-0.25, -0.2) is 4.68 Å². The summed E-state index contributed by atoms with van der Waals surface area (Å²) in [7, 11) is 1.64. The predicted octanol–water partition coefficient (Wildman–Crippen LogP) is 2.31. The molecule has 0 N–H and O–H groups in total. The first-order chi connectivity index (χ1) is 8.17. The van der Waals surface area contributed by atoms with Crippen molar-refractivity contribution in [1.29, 1.82) is 0 Å². The minimum absolute atomic E-state index is 0.562. The first-order valence-electron chi connectivity index (χ1n) is 5.31. The normalized spacial score (nSPS) is 10.3. The fourth-order valence-electron chi connectivity index (χ4n) is 1.91. The third-order valence-electron chi connectivity index (χ3n) is 2.77. The average Bonchev–Trinajstić information content (AvgIpc) is 2.78. The number of carbonyl (C=O) groups is 1. The molecule has 0 unspecified atom stereocenters. The van der Waals surface area contributed by atoms with Gasteiger partial charge in [-0.3, -0.25) is 4.79 Å². The Morgan fingerprint density at radius 2 is 2.12 bits per heavy atom. The van der Waals surface area contributed by atoms with E-state index < -0.39 is 0 Å². The van der Waals surface area contributed by atoms with Crippen molar-refractivity contribution >= 4 is 6.29 Å². The Hall–Kier alpha value is -2.10. The van der Waals surface area contributed by atoms with E-state index in [4.69, 9.17) is 4.74 Å². The van der Waals surface area contributed by atoms with Crippen molar-refractivity contribution in [1.82, 2.24) is 9.78 Å². The maximum atomic E-state index is 10.7. The molecule has 0 aliphatic rings. The molecule has 0 bridgehead atoms. The van der Waals surface area contributed by atoms with E-state index in [2.05, 4.69) is 5.10 Å². The molecule has 88 valence electrons. The summed E-state index contributed by atoms with van der Waals surface area (Å²) in [5, 5.41) is 4.18. The lowest BCUT2D eigenvalue weighted by molar-refractivity contribution is 0.112. The molecule has 2 aromatic rings. The maximum absolute atomic E-state index is 10.7. The Bertz CT molecular complexity index is 559. The second-order valence-corrected chi connectivity index (χ2v) is 3.89. The Morgan fingerprint density at radius 1 is 1.35 bits per heavy atom. The van der Waals surface area contributed by atoms with Crippen LogP contribution in [0.5, 0.6) is 5.75 Å². The molecule has 1 heterocycles. The first kappa shape index (κ1) is 11.4. The van der Waals surface area contributed by atoms with Crippen LogP contribution in [0.4, 0.5) is 0 Å². The van der Waals surface area contributed by atoms with Gasteiger partial charge in [-0.05, 0) is 25.5 Å². The average molecular weight is 230 g/mol. The predicted molar refractivity (Wildman–Crippen MR) is 65.0 cm³/mol. The largest absolute Gasteiger partial charge is 0.496 e. The van der Waals surface area contributed by atoms with Crippen LogP contribution >= 0.6 is 0 Å². The van der Waals surface area contributed by atoms with Crippen LogP contribution in [0.25, 0.3) is 5.69 Å². The van der Waals surface area contributed by atoms with E-state index in [9.17, 15) is 4.79 Å². The standard InChI is InChI=1S/C13H14N2O2/c1-9-4-5-12(17-3)10(2)13(9)15-7-11(8-16)6-14-15/h4-8H,1-3H3. The van der Waals surface area contributed by atoms with Crippen LogP contribution in [0, 0.1) is 13.8 Å². The van der Waals surface area contributed by atoms with Crippen molar-refractivity contribution in [2.75, 3.05) is 7.11 Å². The van der Waals surface area contributed by atoms with Gasteiger partial charge in [-0.2, -0.15) is 5.10 Å². The Morgan fingerprint density at radius 3 is 2.71 bits per heavy atom. The molecule has 0 aliphatic carbocycles. The third kappa shape index (κ3) is 1.93. The number of benzene rings is 1. The quantitative estimate of drug-likeness (QED) is 0.760. The van der Waals surface area contributed by atoms with Gasteiger partial charge in [0.25, 0.3) is 0 Å². The maximum Gasteiger partial charge on any atom is 0.153 e. The van der Waals surface area contributed by atoms with Gasteiger partial charge < -0.3 is 4.74 Å². The van der Waals surface area contributed by atoms with Crippen molar-refractivity contribution < 1.29 is 9.53 Å². The zero-order valence-electron chi connectivity index (χ0n) is 10.1. The Balaban J connectivity index is 2.61. The highest BCUT2D eigenvalue weighted by atomic mass is 16.5. The van der Waals surface area contributed by atoms with Crippen LogP contribution in [0.3, 0.4) is 0 Å². The summed E-state index contributed by atoms with van der Waals surface area (Å²) < 4.78 is 6.99. The minimum Gasteiger partial charge on any atom is -0.496 e. The minimum atomic E-state index is 0.562. The summed E-state index contributed by atoms with van der Waals surface area (Å²) in [6, 6.07) is 3.90. The molecular weight excluding hydrogens is 216 g/mol. The van der Waals surface area contributed by atoms with Gasteiger partial charge in [-0.1, -0.05) is 6.07 Å². The van der Waals surface area contributed by atoms with Gasteiger partial charge in [0.15, 0.2) is 6.29 Å². The summed E-state index contributed by atoms with van der Waals surface area (Å²) in [5.74, 6) is 0.814. The second-order valence-electron chi connectivity index (χ2n) is 3.89. The molecule has 0 atom stereocenters. The first-order valence-corrected chi connectivity index (χ1v) is 5.31. The number of aromatic nitrogens is 2. The molecule has 4 heteroatoms. The highest BCUT2D eigenvalue weighted by molar-refractivity contribution is 5.74. The summed E-state index contributed by atoms with van der Waals surface area (Å²) in [5.41, 5.74) is 3.61. The van der Waals surface area contributed by atoms with Gasteiger partial charge in [0.1, 0.15) is 5.75 Å². The highest BCUT2D eigenvalue weighted by Gasteiger charge is 2.10. The lowest BCUT2D eigenvalue weighted by Gasteiger charge is -2.13. The van der Waals surface area contributed by atoms with E-state index in [0.717, 1.165) is 28.8 Å². The fraction of sp³-hybridized carbons (Fsp3) is 0.231. The smallest absolute Gasteiger partial charge is 0.153 e. The molecule has 0 saturated carbocycles. The van der Waals surface area contributed by atoms with Gasteiger partial charge >= 0.3 is 0 Å². The number of methoxy groups -OCH3 is 1. The molecule has 2 rings (SSSR count). The zero-order chi connectivity index (χ0) is 12.4. The number of hydrogen-bond donors (Lipinski definition) is 0. The molecule has 0 fully saturated rings. The monoisotopic (exact) mass is 230 g/mol. The zero-order valence-corrected chi connectivity index (χ0v) is 10.1. The SMILES string of the molecule is COc1ccc(C)c(-n2cc(C=O)cn2)c1C. The topological polar surface area (TPSA) is 44.1 Å². The lowest BCUT2D eigenvalue weighted by atomic mass is 10.1. The van der Waals surface area contributed by atoms with Gasteiger partial charge in [-0.15, -0.1) is 0 Å². The van der Waals surface area contributed by atoms with Crippen molar-refractivity contribution in [2.24, 2.45) is 0 Å². The van der Waals surface area contributed by atoms with Crippen molar-refractivity contribution in [3.63, 3.8) is 0 Å². The van der Waals surface area contributed by atoms with E-state index >= 15 is 0 Å². The summed E-state index contributed by atoms with van der Waals surface area (Å²) >= 11 is 0. The molecule has 0 spiro atoms. The van der Waals surface area contributed by atoms with E-state index in [-0.39, 0.29) is 0 Å². The number of ether oxygens (including phenoxy) is 1. The number of carbonyl (C=O) groups excluding carboxylic acids is 1. The van der Waals surface area contributed by atoms with E-state index in [1.165, 1.54) is 0 Å². The van der Waals surface area contributed by atoms with Crippen LogP contribution in [-0.2, 0) is 0 Å². The second kappa shape index (κ2) is 4.41. The summed E-state index contributed by atoms with van der Waals surface area (Å²) in [6.07, 6.45) is 4.04. The van der Waals surface area contributed by atoms with Crippen molar-refractivity contribution in [2.45, 2.75) is 13.8 Å². The summed E-state index contributed by atoms with van der Waals surface area (Å²) in [6.45, 7) is 3.98. The third-order valence-corrected chi connectivity index (χ3v) is 2.77. The number of nitrogens with zero attached hydrogens (tertiary/aromatic N) is 2. The van der Waals surface area contributed by atoms with Crippen LogP contribution in [0.15, 0.2) is 24.5 Å². The Labute approximate surface area is 99.8 Å². The summed E-state index contributed by atoms with van der Waals surface area (Å²) in [4.78, 5) is 10.7. The number of rotatable bonds is 3. The van der Waals surface area contributed by atoms with Gasteiger partial charge in [0.05, 0.1) is 24.6 Å². The van der Waals surface area contributed by atoms with Crippen LogP contribution < -0.4 is 4.74 Å². The van der Waals surface area contributed by atoms with Gasteiger partial charge in [0.2, 0.25) is 0 Å². The molecule has 17 heavy (non-hydrogen) atoms. The Kier molecular flexibility index (Phi) is 2.95. The fourth-order valence-corrected chi connectivity index (χ4v) is 1.91. The van der Waals surface area contributed by atoms with E-state index in [1.807, 2.05) is 26.0 Å². The molecule has 1 aromatic heterocycles. The number of aryl methyl sites for hydroxylation is 1. The molecule has 0 aliphatic heterocycles. The van der Waals surface area contributed by atoms with Gasteiger partial charge in [0, 0.05) is 11.8 Å². The van der Waals surface area contributed by atoms with E-state index in [0.29, 0.717) is 5.56 Å². The number of hydrogen-bond acceptors (Lipinski definition) is 3. The van der Waals surface area contributed by atoms with Crippen LogP contribution in [0.2, 0.25) is 0 Å². The molecule has 0 radical (unpaired) electrons. The molecule has 4 nitrogen and oxygen atoms in total. The molecule has 0 amide bonds. The van der Waals surface area contributed by atoms with Crippen LogP contribution in [0.1, 0.15) is 21.5 Å². The molecule has 0 saturated heterocycles. The van der Waals surface area contributed by atoms with Crippen molar-refractivity contribution in [3.05, 3.63) is 41.2 Å². The lowest BCUT2D eigenvalue weighted by Crippen LogP contribution is -2.02. The molecular formula is C13H14N2O2. The highest BCUT2D eigenvalue weighted by Crippen LogP contribution is 2.27. The molecule has 1 aromatic carbocycles. The van der Waals surface area contributed by atoms with Crippen LogP contribution in [-0.4, -0.2) is 23.2 Å². The van der Waals surface area contributed by atoms with Crippen molar-refractivity contribution in [3.8, 4) is 11.4 Å².